The van der Waals surface area contributed by atoms with E-state index in [0.29, 0.717) is 6.54 Å². The van der Waals surface area contributed by atoms with Gasteiger partial charge in [-0.05, 0) is 35.1 Å². The van der Waals surface area contributed by atoms with Crippen LogP contribution < -0.4 is 5.32 Å². The molecule has 2 atom stereocenters. The van der Waals surface area contributed by atoms with Crippen LogP contribution in [0.1, 0.15) is 25.6 Å². The molecular weight excluding hydrogens is 252 g/mol. The summed E-state index contributed by atoms with van der Waals surface area (Å²) in [5.41, 5.74) is 1.20. The molecular formula is C12H18N2OS2. The van der Waals surface area contributed by atoms with Gasteiger partial charge >= 0.3 is 0 Å². The predicted molar refractivity (Wildman–Crippen MR) is 74.4 cm³/mol. The van der Waals surface area contributed by atoms with Crippen LogP contribution in [-0.4, -0.2) is 34.9 Å². The van der Waals surface area contributed by atoms with Crippen molar-refractivity contribution >= 4 is 29.0 Å². The Kier molecular flexibility index (Phi) is 4.48. The Hall–Kier alpha value is -0.520. The van der Waals surface area contributed by atoms with E-state index in [4.69, 9.17) is 0 Å². The molecule has 0 aromatic carbocycles. The molecule has 1 aliphatic rings. The minimum Gasteiger partial charge on any atom is -0.318 e. The molecule has 3 nitrogen and oxygen atoms in total. The Morgan fingerprint density at radius 3 is 3.18 bits per heavy atom. The fourth-order valence-electron chi connectivity index (χ4n) is 2.10. The number of nitrogens with zero attached hydrogens (tertiary/aromatic N) is 1. The first-order chi connectivity index (χ1) is 8.24. The Morgan fingerprint density at radius 1 is 1.71 bits per heavy atom. The predicted octanol–water partition coefficient (Wildman–Crippen LogP) is 2.32. The summed E-state index contributed by atoms with van der Waals surface area (Å²) in [6.45, 7) is 4.74. The molecule has 0 aliphatic carbocycles. The first-order valence-electron chi connectivity index (χ1n) is 5.88. The van der Waals surface area contributed by atoms with Gasteiger partial charge in [-0.15, -0.1) is 0 Å². The molecule has 0 spiro atoms. The summed E-state index contributed by atoms with van der Waals surface area (Å²) in [5, 5.41) is 7.46. The largest absolute Gasteiger partial charge is 0.318 e. The maximum Gasteiger partial charge on any atom is 0.238 e. The van der Waals surface area contributed by atoms with Gasteiger partial charge in [-0.3, -0.25) is 10.1 Å². The molecule has 0 saturated carbocycles. The minimum absolute atomic E-state index is 0.0706. The smallest absolute Gasteiger partial charge is 0.238 e. The van der Waals surface area contributed by atoms with Gasteiger partial charge in [-0.2, -0.15) is 23.1 Å². The van der Waals surface area contributed by atoms with Crippen LogP contribution in [-0.2, 0) is 4.79 Å². The molecule has 17 heavy (non-hydrogen) atoms. The van der Waals surface area contributed by atoms with Crippen LogP contribution in [0.5, 0.6) is 0 Å². The highest BCUT2D eigenvalue weighted by Crippen LogP contribution is 2.27. The van der Waals surface area contributed by atoms with Crippen LogP contribution in [0, 0.1) is 0 Å². The SMILES string of the molecule is CCSCC(C)N1C(=O)CNC1c1ccsc1. The normalized spacial score (nSPS) is 22.1. The van der Waals surface area contributed by atoms with E-state index in [1.807, 2.05) is 16.7 Å². The highest BCUT2D eigenvalue weighted by molar-refractivity contribution is 7.99. The molecule has 2 unspecified atom stereocenters. The molecule has 94 valence electrons. The van der Waals surface area contributed by atoms with E-state index in [-0.39, 0.29) is 18.1 Å². The van der Waals surface area contributed by atoms with Crippen LogP contribution in [0.25, 0.3) is 0 Å². The number of hydrogen-bond donors (Lipinski definition) is 1. The lowest BCUT2D eigenvalue weighted by molar-refractivity contribution is -0.129. The van der Waals surface area contributed by atoms with Crippen molar-refractivity contribution in [3.63, 3.8) is 0 Å². The number of rotatable bonds is 5. The van der Waals surface area contributed by atoms with Crippen LogP contribution in [0.4, 0.5) is 0 Å². The summed E-state index contributed by atoms with van der Waals surface area (Å²) in [6, 6.07) is 2.38. The summed E-state index contributed by atoms with van der Waals surface area (Å²) in [6.07, 6.45) is 0.0706. The molecule has 2 heterocycles. The monoisotopic (exact) mass is 270 g/mol. The van der Waals surface area contributed by atoms with Gasteiger partial charge in [-0.1, -0.05) is 6.92 Å². The van der Waals surface area contributed by atoms with Crippen molar-refractivity contribution in [1.29, 1.82) is 0 Å². The molecule has 1 amide bonds. The van der Waals surface area contributed by atoms with E-state index in [2.05, 4.69) is 36.0 Å². The molecule has 1 aromatic heterocycles. The Morgan fingerprint density at radius 2 is 2.53 bits per heavy atom. The fraction of sp³-hybridized carbons (Fsp3) is 0.583. The topological polar surface area (TPSA) is 32.3 Å². The van der Waals surface area contributed by atoms with Crippen molar-refractivity contribution < 1.29 is 4.79 Å². The third-order valence-corrected chi connectivity index (χ3v) is 4.74. The average molecular weight is 270 g/mol. The number of thioether (sulfide) groups is 1. The Labute approximate surface area is 111 Å². The molecule has 5 heteroatoms. The molecule has 1 aliphatic heterocycles. The zero-order chi connectivity index (χ0) is 12.3. The molecule has 1 fully saturated rings. The van der Waals surface area contributed by atoms with E-state index in [9.17, 15) is 4.79 Å². The highest BCUT2D eigenvalue weighted by Gasteiger charge is 2.34. The van der Waals surface area contributed by atoms with Gasteiger partial charge in [0.25, 0.3) is 0 Å². The second-order valence-corrected chi connectivity index (χ2v) is 6.25. The third kappa shape index (κ3) is 2.84. The quantitative estimate of drug-likeness (QED) is 0.891. The number of hydrogen-bond acceptors (Lipinski definition) is 4. The van der Waals surface area contributed by atoms with Gasteiger partial charge in [0.05, 0.1) is 6.54 Å². The summed E-state index contributed by atoms with van der Waals surface area (Å²) in [7, 11) is 0. The second-order valence-electron chi connectivity index (χ2n) is 4.15. The van der Waals surface area contributed by atoms with Crippen LogP contribution in [0.3, 0.4) is 0 Å². The van der Waals surface area contributed by atoms with Crippen LogP contribution in [0.15, 0.2) is 16.8 Å². The molecule has 0 radical (unpaired) electrons. The summed E-state index contributed by atoms with van der Waals surface area (Å²) in [5.74, 6) is 2.32. The van der Waals surface area contributed by atoms with Gasteiger partial charge in [-0.25, -0.2) is 0 Å². The number of amides is 1. The van der Waals surface area contributed by atoms with E-state index >= 15 is 0 Å². The summed E-state index contributed by atoms with van der Waals surface area (Å²) >= 11 is 3.56. The third-order valence-electron chi connectivity index (χ3n) is 2.91. The lowest BCUT2D eigenvalue weighted by Crippen LogP contribution is -2.39. The van der Waals surface area contributed by atoms with Gasteiger partial charge in [0.1, 0.15) is 6.17 Å². The van der Waals surface area contributed by atoms with E-state index in [0.717, 1.165) is 11.5 Å². The maximum absolute atomic E-state index is 11.9. The number of nitrogens with one attached hydrogen (secondary N) is 1. The molecule has 1 N–H and O–H groups in total. The van der Waals surface area contributed by atoms with Gasteiger partial charge in [0.2, 0.25) is 5.91 Å². The summed E-state index contributed by atoms with van der Waals surface area (Å²) in [4.78, 5) is 13.9. The molecule has 1 saturated heterocycles. The van der Waals surface area contributed by atoms with Gasteiger partial charge < -0.3 is 4.90 Å². The van der Waals surface area contributed by atoms with Crippen LogP contribution in [0.2, 0.25) is 0 Å². The number of thiophene rings is 1. The Bertz CT molecular complexity index is 367. The maximum atomic E-state index is 11.9. The first kappa shape index (κ1) is 12.9. The van der Waals surface area contributed by atoms with Gasteiger partial charge in [0, 0.05) is 11.8 Å². The molecule has 2 rings (SSSR count). The Balaban J connectivity index is 2.09. The van der Waals surface area contributed by atoms with Crippen molar-refractivity contribution in [3.8, 4) is 0 Å². The van der Waals surface area contributed by atoms with Crippen molar-refractivity contribution in [3.05, 3.63) is 22.4 Å². The standard InChI is InChI=1S/C12H18N2OS2/c1-3-16-7-9(2)14-11(15)6-13-12(14)10-4-5-17-8-10/h4-5,8-9,12-13H,3,6-7H2,1-2H3. The first-order valence-corrected chi connectivity index (χ1v) is 7.98. The summed E-state index contributed by atoms with van der Waals surface area (Å²) < 4.78 is 0. The highest BCUT2D eigenvalue weighted by atomic mass is 32.2. The van der Waals surface area contributed by atoms with Crippen molar-refractivity contribution in [2.45, 2.75) is 26.1 Å². The van der Waals surface area contributed by atoms with Crippen molar-refractivity contribution in [2.75, 3.05) is 18.1 Å². The van der Waals surface area contributed by atoms with Crippen LogP contribution >= 0.6 is 23.1 Å². The number of carbonyl (C=O) groups is 1. The van der Waals surface area contributed by atoms with E-state index in [1.54, 1.807) is 11.3 Å². The minimum atomic E-state index is 0.0706. The van der Waals surface area contributed by atoms with E-state index in [1.165, 1.54) is 5.56 Å². The second kappa shape index (κ2) is 5.89. The number of carbonyl (C=O) groups excluding carboxylic acids is 1. The fourth-order valence-corrected chi connectivity index (χ4v) is 3.51. The molecule has 1 aromatic rings. The van der Waals surface area contributed by atoms with Crippen molar-refractivity contribution in [2.24, 2.45) is 0 Å². The lowest BCUT2D eigenvalue weighted by Gasteiger charge is -2.30. The molecule has 0 bridgehead atoms. The van der Waals surface area contributed by atoms with E-state index < -0.39 is 0 Å². The zero-order valence-corrected chi connectivity index (χ0v) is 11.8. The average Bonchev–Trinajstić information content (AvgIpc) is 2.94. The van der Waals surface area contributed by atoms with Crippen molar-refractivity contribution in [1.82, 2.24) is 10.2 Å². The lowest BCUT2D eigenvalue weighted by atomic mass is 10.2. The van der Waals surface area contributed by atoms with Gasteiger partial charge in [0.15, 0.2) is 0 Å². The zero-order valence-electron chi connectivity index (χ0n) is 10.2.